The summed E-state index contributed by atoms with van der Waals surface area (Å²) >= 11 is 3.67. The molecule has 2 N–H and O–H groups in total. The predicted octanol–water partition coefficient (Wildman–Crippen LogP) is 4.68. The van der Waals surface area contributed by atoms with E-state index in [1.165, 1.54) is 26.6 Å². The van der Waals surface area contributed by atoms with Crippen LogP contribution in [-0.2, 0) is 11.2 Å². The van der Waals surface area contributed by atoms with Crippen molar-refractivity contribution >= 4 is 34.0 Å². The van der Waals surface area contributed by atoms with Crippen molar-refractivity contribution in [3.63, 3.8) is 0 Å². The highest BCUT2D eigenvalue weighted by atomic mass is 32.2. The molecule has 3 aliphatic heterocycles. The number of thiophene rings is 1. The van der Waals surface area contributed by atoms with Crippen LogP contribution in [0.3, 0.4) is 0 Å². The molecule has 0 aromatic carbocycles. The van der Waals surface area contributed by atoms with Gasteiger partial charge in [-0.1, -0.05) is 32.5 Å². The van der Waals surface area contributed by atoms with Crippen LogP contribution in [0.15, 0.2) is 22.9 Å². The van der Waals surface area contributed by atoms with Gasteiger partial charge in [0.15, 0.2) is 0 Å². The van der Waals surface area contributed by atoms with Crippen LogP contribution < -0.4 is 10.6 Å². The average Bonchev–Trinajstić information content (AvgIpc) is 3.21. The molecule has 1 fully saturated rings. The second-order valence-corrected chi connectivity index (χ2v) is 9.18. The fourth-order valence-corrected chi connectivity index (χ4v) is 6.98. The maximum atomic E-state index is 11.9. The molecule has 3 aliphatic rings. The molecule has 1 amide bonds. The van der Waals surface area contributed by atoms with Gasteiger partial charge in [-0.15, -0.1) is 11.3 Å². The smallest absolute Gasteiger partial charge is 0.221 e. The molecule has 1 saturated heterocycles. The summed E-state index contributed by atoms with van der Waals surface area (Å²) < 4.78 is 0. The van der Waals surface area contributed by atoms with Gasteiger partial charge in [-0.05, 0) is 31.5 Å². The first-order chi connectivity index (χ1) is 13.5. The third-order valence-corrected chi connectivity index (χ3v) is 8.20. The molecule has 4 heterocycles. The van der Waals surface area contributed by atoms with Crippen LogP contribution in [0, 0.1) is 0 Å². The van der Waals surface area contributed by atoms with Gasteiger partial charge in [0.1, 0.15) is 10.4 Å². The molecule has 0 bridgehead atoms. The third kappa shape index (κ3) is 3.72. The number of nitrogens with zero attached hydrogens (tertiary/aromatic N) is 2. The average molecular weight is 421 g/mol. The Bertz CT molecular complexity index is 799. The molecule has 5 nitrogen and oxygen atoms in total. The highest BCUT2D eigenvalue weighted by Gasteiger charge is 2.39. The maximum Gasteiger partial charge on any atom is 0.221 e. The monoisotopic (exact) mass is 420 g/mol. The minimum absolute atomic E-state index is 0.00742. The van der Waals surface area contributed by atoms with Crippen molar-refractivity contribution in [2.45, 2.75) is 52.5 Å². The van der Waals surface area contributed by atoms with Crippen molar-refractivity contribution < 1.29 is 4.79 Å². The zero-order valence-electron chi connectivity index (χ0n) is 17.8. The quantitative estimate of drug-likeness (QED) is 0.744. The van der Waals surface area contributed by atoms with E-state index >= 15 is 0 Å². The highest BCUT2D eigenvalue weighted by molar-refractivity contribution is 8.03. The Balaban J connectivity index is 0.00000109. The summed E-state index contributed by atoms with van der Waals surface area (Å²) in [5.74, 6) is 0.00742. The van der Waals surface area contributed by atoms with Crippen molar-refractivity contribution in [1.29, 1.82) is 0 Å². The number of rotatable bonds is 3. The topological polar surface area (TPSA) is 47.6 Å². The van der Waals surface area contributed by atoms with Gasteiger partial charge in [0, 0.05) is 54.6 Å². The first-order valence-electron chi connectivity index (χ1n) is 10.2. The number of carbonyl (C=O) groups is 1. The van der Waals surface area contributed by atoms with Crippen LogP contribution in [0.25, 0.3) is 0 Å². The van der Waals surface area contributed by atoms with Crippen LogP contribution in [0.5, 0.6) is 0 Å². The zero-order valence-corrected chi connectivity index (χ0v) is 19.4. The molecule has 0 aliphatic carbocycles. The van der Waals surface area contributed by atoms with E-state index in [2.05, 4.69) is 53.6 Å². The van der Waals surface area contributed by atoms with E-state index in [1.54, 1.807) is 18.3 Å². The Morgan fingerprint density at radius 3 is 2.79 bits per heavy atom. The Morgan fingerprint density at radius 2 is 2.14 bits per heavy atom. The van der Waals surface area contributed by atoms with E-state index in [1.807, 2.05) is 25.6 Å². The van der Waals surface area contributed by atoms with Gasteiger partial charge in [-0.2, -0.15) is 0 Å². The number of amides is 1. The number of fused-ring (bicyclic) bond motifs is 2. The van der Waals surface area contributed by atoms with E-state index < -0.39 is 0 Å². The van der Waals surface area contributed by atoms with Crippen LogP contribution in [0.1, 0.15) is 62.0 Å². The number of hydrogen-bond acceptors (Lipinski definition) is 6. The van der Waals surface area contributed by atoms with Crippen molar-refractivity contribution in [1.82, 2.24) is 15.1 Å². The number of nitrogens with one attached hydrogen (secondary N) is 2. The maximum absolute atomic E-state index is 11.9. The molecule has 0 saturated carbocycles. The largest absolute Gasteiger partial charge is 0.386 e. The molecule has 28 heavy (non-hydrogen) atoms. The molecule has 0 spiro atoms. The lowest BCUT2D eigenvalue weighted by Gasteiger charge is -2.33. The molecule has 2 atom stereocenters. The SMILES string of the molecule is CC.CCN1CCc2c(sc(NC(C)=O)c2C2SC3=CCNC=C3N2C)C1C. The standard InChI is InChI=1S/C19H26N4OS2.C2H6/c1-5-23-9-7-13-16(18(21-12(3)24)26-17(13)11(23)2)19-22(4)14-10-20-8-6-15(14)25-19;1-2/h6,10-11,19-20H,5,7-9H2,1-4H3,(H,21,24);1-2H3. The molecule has 154 valence electrons. The number of carbonyl (C=O) groups excluding carboxylic acids is 1. The van der Waals surface area contributed by atoms with Gasteiger partial charge >= 0.3 is 0 Å². The molecule has 7 heteroatoms. The first kappa shape index (κ1) is 21.3. The first-order valence-corrected chi connectivity index (χ1v) is 11.9. The summed E-state index contributed by atoms with van der Waals surface area (Å²) in [6, 6.07) is 0.411. The lowest BCUT2D eigenvalue weighted by Crippen LogP contribution is -2.33. The van der Waals surface area contributed by atoms with Gasteiger partial charge in [-0.25, -0.2) is 0 Å². The van der Waals surface area contributed by atoms with Gasteiger partial charge in [-0.3, -0.25) is 9.69 Å². The van der Waals surface area contributed by atoms with Crippen LogP contribution >= 0.6 is 23.1 Å². The van der Waals surface area contributed by atoms with Crippen LogP contribution in [-0.4, -0.2) is 42.4 Å². The van der Waals surface area contributed by atoms with E-state index in [-0.39, 0.29) is 11.3 Å². The number of hydrogen-bond donors (Lipinski definition) is 2. The fraction of sp³-hybridized carbons (Fsp3) is 0.571. The van der Waals surface area contributed by atoms with Crippen molar-refractivity contribution in [3.8, 4) is 0 Å². The highest BCUT2D eigenvalue weighted by Crippen LogP contribution is 2.56. The van der Waals surface area contributed by atoms with E-state index in [0.717, 1.165) is 31.1 Å². The molecular formula is C21H32N4OS2. The van der Waals surface area contributed by atoms with E-state index in [9.17, 15) is 4.79 Å². The number of thioether (sulfide) groups is 1. The second kappa shape index (κ2) is 8.93. The molecule has 0 radical (unpaired) electrons. The minimum atomic E-state index is 0.00742. The molecule has 4 rings (SSSR count). The summed E-state index contributed by atoms with van der Waals surface area (Å²) in [6.45, 7) is 13.1. The molecule has 2 unspecified atom stereocenters. The van der Waals surface area contributed by atoms with Gasteiger partial charge in [0.25, 0.3) is 0 Å². The lowest BCUT2D eigenvalue weighted by atomic mass is 9.97. The van der Waals surface area contributed by atoms with Crippen molar-refractivity contribution in [3.05, 3.63) is 38.9 Å². The van der Waals surface area contributed by atoms with E-state index in [0.29, 0.717) is 6.04 Å². The molecule has 1 aromatic rings. The second-order valence-electron chi connectivity index (χ2n) is 7.01. The van der Waals surface area contributed by atoms with E-state index in [4.69, 9.17) is 0 Å². The summed E-state index contributed by atoms with van der Waals surface area (Å²) in [7, 11) is 2.16. The summed E-state index contributed by atoms with van der Waals surface area (Å²) in [6.07, 6.45) is 5.43. The summed E-state index contributed by atoms with van der Waals surface area (Å²) in [5.41, 5.74) is 4.01. The number of anilines is 1. The molecule has 1 aromatic heterocycles. The lowest BCUT2D eigenvalue weighted by molar-refractivity contribution is -0.114. The zero-order chi connectivity index (χ0) is 20.4. The van der Waals surface area contributed by atoms with Crippen LogP contribution in [0.4, 0.5) is 5.00 Å². The number of likely N-dealkylation sites (N-methyl/N-ethyl adjacent to an activating group) is 2. The van der Waals surface area contributed by atoms with Gasteiger partial charge in [0.2, 0.25) is 5.91 Å². The fourth-order valence-electron chi connectivity index (χ4n) is 4.10. The Hall–Kier alpha value is -1.44. The summed E-state index contributed by atoms with van der Waals surface area (Å²) in [4.78, 5) is 19.5. The van der Waals surface area contributed by atoms with Gasteiger partial charge in [0.05, 0.1) is 5.70 Å². The van der Waals surface area contributed by atoms with Crippen molar-refractivity contribution in [2.75, 3.05) is 32.0 Å². The normalized spacial score (nSPS) is 23.6. The Kier molecular flexibility index (Phi) is 6.78. The minimum Gasteiger partial charge on any atom is -0.386 e. The number of dihydropyridines is 1. The van der Waals surface area contributed by atoms with Crippen molar-refractivity contribution in [2.24, 2.45) is 0 Å². The molecular weight excluding hydrogens is 388 g/mol. The third-order valence-electron chi connectivity index (χ3n) is 5.46. The van der Waals surface area contributed by atoms with Gasteiger partial charge < -0.3 is 15.5 Å². The Labute approximate surface area is 177 Å². The van der Waals surface area contributed by atoms with Crippen LogP contribution in [0.2, 0.25) is 0 Å². The Morgan fingerprint density at radius 1 is 1.39 bits per heavy atom. The predicted molar refractivity (Wildman–Crippen MR) is 122 cm³/mol. The summed E-state index contributed by atoms with van der Waals surface area (Å²) in [5, 5.41) is 7.69.